The van der Waals surface area contributed by atoms with Crippen molar-refractivity contribution >= 4 is 33.2 Å². The van der Waals surface area contributed by atoms with Crippen LogP contribution in [0.5, 0.6) is 0 Å². The summed E-state index contributed by atoms with van der Waals surface area (Å²) in [5.74, 6) is 0. The van der Waals surface area contributed by atoms with Gasteiger partial charge in [0.05, 0.1) is 5.71 Å². The lowest BCUT2D eigenvalue weighted by atomic mass is 10.2. The predicted molar refractivity (Wildman–Crippen MR) is 55.5 cm³/mol. The maximum absolute atomic E-state index is 8.45. The molecule has 1 aromatic rings. The van der Waals surface area contributed by atoms with Gasteiger partial charge in [-0.1, -0.05) is 32.7 Å². The number of halogens is 2. The van der Waals surface area contributed by atoms with Gasteiger partial charge >= 0.3 is 0 Å². The third kappa shape index (κ3) is 3.32. The summed E-state index contributed by atoms with van der Waals surface area (Å²) in [5, 5.41) is 11.9. The van der Waals surface area contributed by atoms with Crippen molar-refractivity contribution in [1.29, 1.82) is 0 Å². The van der Waals surface area contributed by atoms with Gasteiger partial charge in [-0.3, -0.25) is 0 Å². The molecule has 1 N–H and O–H groups in total. The van der Waals surface area contributed by atoms with Crippen molar-refractivity contribution in [3.63, 3.8) is 0 Å². The van der Waals surface area contributed by atoms with E-state index in [4.69, 9.17) is 16.8 Å². The van der Waals surface area contributed by atoms with Crippen LogP contribution in [0.25, 0.3) is 0 Å². The molecule has 0 saturated carbocycles. The number of aromatic nitrogens is 1. The van der Waals surface area contributed by atoms with Crippen molar-refractivity contribution in [3.8, 4) is 0 Å². The fourth-order valence-corrected chi connectivity index (χ4v) is 1.74. The van der Waals surface area contributed by atoms with E-state index in [1.165, 1.54) is 0 Å². The van der Waals surface area contributed by atoms with E-state index in [9.17, 15) is 0 Å². The van der Waals surface area contributed by atoms with Crippen LogP contribution >= 0.6 is 27.5 Å². The molecule has 0 aliphatic carbocycles. The topological polar surface area (TPSA) is 45.5 Å². The molecule has 1 rings (SSSR count). The lowest BCUT2D eigenvalue weighted by molar-refractivity contribution is 0.317. The Bertz CT molecular complexity index is 321. The van der Waals surface area contributed by atoms with E-state index in [-0.39, 0.29) is 0 Å². The first kappa shape index (κ1) is 10.5. The van der Waals surface area contributed by atoms with Crippen LogP contribution in [-0.2, 0) is 6.42 Å². The van der Waals surface area contributed by atoms with Crippen LogP contribution in [-0.4, -0.2) is 15.9 Å². The van der Waals surface area contributed by atoms with Crippen molar-refractivity contribution < 1.29 is 5.21 Å². The molecule has 1 heterocycles. The fraction of sp³-hybridized carbons (Fsp3) is 0.250. The van der Waals surface area contributed by atoms with E-state index in [0.29, 0.717) is 17.3 Å². The van der Waals surface area contributed by atoms with Crippen LogP contribution in [0.15, 0.2) is 21.8 Å². The van der Waals surface area contributed by atoms with Gasteiger partial charge in [-0.05, 0) is 19.1 Å². The first-order valence-electron chi connectivity index (χ1n) is 3.61. The third-order valence-electron chi connectivity index (χ3n) is 1.42. The van der Waals surface area contributed by atoms with Crippen molar-refractivity contribution in [2.45, 2.75) is 13.3 Å². The van der Waals surface area contributed by atoms with Crippen molar-refractivity contribution in [2.24, 2.45) is 5.16 Å². The number of hydrogen-bond acceptors (Lipinski definition) is 3. The highest BCUT2D eigenvalue weighted by Crippen LogP contribution is 2.16. The van der Waals surface area contributed by atoms with E-state index in [1.807, 2.05) is 6.07 Å². The highest BCUT2D eigenvalue weighted by atomic mass is 79.9. The van der Waals surface area contributed by atoms with Crippen LogP contribution < -0.4 is 0 Å². The Hall–Kier alpha value is -0.610. The Kier molecular flexibility index (Phi) is 3.69. The van der Waals surface area contributed by atoms with Crippen molar-refractivity contribution in [3.05, 3.63) is 27.5 Å². The lowest BCUT2D eigenvalue weighted by Crippen LogP contribution is -2.00. The molecule has 13 heavy (non-hydrogen) atoms. The minimum Gasteiger partial charge on any atom is -0.411 e. The molecule has 0 saturated heterocycles. The van der Waals surface area contributed by atoms with E-state index >= 15 is 0 Å². The van der Waals surface area contributed by atoms with Gasteiger partial charge in [-0.15, -0.1) is 0 Å². The van der Waals surface area contributed by atoms with Crippen LogP contribution in [0.3, 0.4) is 0 Å². The third-order valence-corrected chi connectivity index (χ3v) is 2.07. The smallest absolute Gasteiger partial charge is 0.130 e. The summed E-state index contributed by atoms with van der Waals surface area (Å²) < 4.78 is 0.869. The molecule has 0 bridgehead atoms. The van der Waals surface area contributed by atoms with Gasteiger partial charge in [-0.25, -0.2) is 4.98 Å². The summed E-state index contributed by atoms with van der Waals surface area (Å²) in [4.78, 5) is 4.07. The predicted octanol–water partition coefficient (Wildman–Crippen LogP) is 2.89. The molecule has 0 aliphatic heterocycles. The van der Waals surface area contributed by atoms with Crippen molar-refractivity contribution in [1.82, 2.24) is 4.98 Å². The molecule has 1 aromatic heterocycles. The largest absolute Gasteiger partial charge is 0.411 e. The summed E-state index contributed by atoms with van der Waals surface area (Å²) in [7, 11) is 0. The maximum Gasteiger partial charge on any atom is 0.130 e. The Labute approximate surface area is 89.6 Å². The second-order valence-corrected chi connectivity index (χ2v) is 3.91. The second-order valence-electron chi connectivity index (χ2n) is 2.61. The molecule has 0 spiro atoms. The first-order valence-corrected chi connectivity index (χ1v) is 4.78. The quantitative estimate of drug-likeness (QED) is 0.386. The molecule has 0 amide bonds. The molecule has 0 aromatic carbocycles. The molecule has 0 fully saturated rings. The van der Waals surface area contributed by atoms with Crippen molar-refractivity contribution in [2.75, 3.05) is 0 Å². The van der Waals surface area contributed by atoms with E-state index in [1.54, 1.807) is 13.0 Å². The highest BCUT2D eigenvalue weighted by molar-refractivity contribution is 9.10. The molecule has 0 radical (unpaired) electrons. The van der Waals surface area contributed by atoms with Gasteiger partial charge in [0.15, 0.2) is 0 Å². The number of nitrogens with zero attached hydrogens (tertiary/aromatic N) is 2. The first-order chi connectivity index (χ1) is 6.11. The summed E-state index contributed by atoms with van der Waals surface area (Å²) in [6.07, 6.45) is 0.496. The zero-order valence-corrected chi connectivity index (χ0v) is 9.30. The van der Waals surface area contributed by atoms with Crippen LogP contribution in [0.4, 0.5) is 0 Å². The second kappa shape index (κ2) is 4.58. The van der Waals surface area contributed by atoms with Gasteiger partial charge in [0, 0.05) is 16.6 Å². The average Bonchev–Trinajstić information content (AvgIpc) is 2.02. The molecule has 5 heteroatoms. The summed E-state index contributed by atoms with van der Waals surface area (Å²) in [5.41, 5.74) is 1.37. The summed E-state index contributed by atoms with van der Waals surface area (Å²) >= 11 is 9.03. The maximum atomic E-state index is 8.45. The Morgan fingerprint density at radius 3 is 2.92 bits per heavy atom. The standard InChI is InChI=1S/C8H8BrClN2O/c1-5(12-13)2-7-3-6(9)4-8(10)11-7/h3-4,13H,2H2,1H3/b12-5+. The average molecular weight is 264 g/mol. The SMILES string of the molecule is C/C(Cc1cc(Br)cc(Cl)n1)=N\O. The summed E-state index contributed by atoms with van der Waals surface area (Å²) in [6, 6.07) is 3.54. The van der Waals surface area contributed by atoms with Gasteiger partial charge in [-0.2, -0.15) is 0 Å². The molecule has 3 nitrogen and oxygen atoms in total. The number of hydrogen-bond donors (Lipinski definition) is 1. The Morgan fingerprint density at radius 2 is 2.38 bits per heavy atom. The zero-order valence-electron chi connectivity index (χ0n) is 6.96. The van der Waals surface area contributed by atoms with Gasteiger partial charge in [0.25, 0.3) is 0 Å². The molecule has 0 atom stereocenters. The van der Waals surface area contributed by atoms with Crippen LogP contribution in [0.1, 0.15) is 12.6 Å². The fourth-order valence-electron chi connectivity index (χ4n) is 0.904. The van der Waals surface area contributed by atoms with E-state index < -0.39 is 0 Å². The lowest BCUT2D eigenvalue weighted by Gasteiger charge is -2.00. The monoisotopic (exact) mass is 262 g/mol. The molecular formula is C8H8BrClN2O. The molecule has 70 valence electrons. The zero-order chi connectivity index (χ0) is 9.84. The minimum absolute atomic E-state index is 0.426. The normalized spacial score (nSPS) is 11.8. The van der Waals surface area contributed by atoms with Gasteiger partial charge in [0.1, 0.15) is 5.15 Å². The summed E-state index contributed by atoms with van der Waals surface area (Å²) in [6.45, 7) is 1.72. The highest BCUT2D eigenvalue weighted by Gasteiger charge is 2.01. The molecule has 0 unspecified atom stereocenters. The van der Waals surface area contributed by atoms with Gasteiger partial charge in [0.2, 0.25) is 0 Å². The number of oxime groups is 1. The number of pyridine rings is 1. The Balaban J connectivity index is 2.89. The molecular weight excluding hydrogens is 255 g/mol. The van der Waals surface area contributed by atoms with Crippen LogP contribution in [0, 0.1) is 0 Å². The van der Waals surface area contributed by atoms with E-state index in [2.05, 4.69) is 26.1 Å². The van der Waals surface area contributed by atoms with Crippen LogP contribution in [0.2, 0.25) is 5.15 Å². The number of rotatable bonds is 2. The van der Waals surface area contributed by atoms with E-state index in [0.717, 1.165) is 10.2 Å². The minimum atomic E-state index is 0.426. The molecule has 0 aliphatic rings. The Morgan fingerprint density at radius 1 is 1.69 bits per heavy atom. The van der Waals surface area contributed by atoms with Gasteiger partial charge < -0.3 is 5.21 Å².